The molecule has 0 saturated carbocycles. The summed E-state index contributed by atoms with van der Waals surface area (Å²) in [6.45, 7) is 3.96. The van der Waals surface area contributed by atoms with Gasteiger partial charge in [-0.3, -0.25) is 0 Å². The number of carbonyl (C=O) groups excluding carboxylic acids is 1. The van der Waals surface area contributed by atoms with E-state index < -0.39 is 0 Å². The van der Waals surface area contributed by atoms with Gasteiger partial charge in [-0.1, -0.05) is 31.4 Å². The number of allylic oxidation sites excluding steroid dienone is 1. The van der Waals surface area contributed by atoms with Crippen LogP contribution in [0.2, 0.25) is 0 Å². The van der Waals surface area contributed by atoms with Crippen LogP contribution >= 0.6 is 0 Å². The summed E-state index contributed by atoms with van der Waals surface area (Å²) >= 11 is 0. The third-order valence-electron chi connectivity index (χ3n) is 1.74. The molecule has 70 valence electrons. The lowest BCUT2D eigenvalue weighted by Crippen LogP contribution is -2.02. The lowest BCUT2D eigenvalue weighted by Gasteiger charge is -2.04. The fraction of sp³-hybridized carbons (Fsp3) is 0.700. The maximum atomic E-state index is 10.1. The van der Waals surface area contributed by atoms with E-state index in [2.05, 4.69) is 6.92 Å². The number of aliphatic hydroxyl groups is 1. The van der Waals surface area contributed by atoms with Crippen LogP contribution in [0.5, 0.6) is 0 Å². The minimum Gasteiger partial charge on any atom is -0.389 e. The number of aldehydes is 1. The molecule has 1 unspecified atom stereocenters. The second-order valence-electron chi connectivity index (χ2n) is 3.09. The van der Waals surface area contributed by atoms with Crippen molar-refractivity contribution in [2.24, 2.45) is 0 Å². The highest BCUT2D eigenvalue weighted by Gasteiger charge is 1.99. The number of unbranched alkanes of at least 4 members (excludes halogenated alkanes) is 1. The Morgan fingerprint density at radius 3 is 2.75 bits per heavy atom. The van der Waals surface area contributed by atoms with E-state index in [1.807, 2.05) is 6.92 Å². The van der Waals surface area contributed by atoms with E-state index in [9.17, 15) is 9.90 Å². The summed E-state index contributed by atoms with van der Waals surface area (Å²) in [5.74, 6) is 0. The normalized spacial score (nSPS) is 14.4. The SMILES string of the molecule is CCCCC(O)/C=C(\C)CC=O. The molecule has 0 fully saturated rings. The molecule has 0 aliphatic heterocycles. The summed E-state index contributed by atoms with van der Waals surface area (Å²) in [6.07, 6.45) is 5.62. The van der Waals surface area contributed by atoms with E-state index in [1.54, 1.807) is 6.08 Å². The maximum absolute atomic E-state index is 10.1. The highest BCUT2D eigenvalue weighted by Crippen LogP contribution is 2.05. The molecule has 2 nitrogen and oxygen atoms in total. The second-order valence-corrected chi connectivity index (χ2v) is 3.09. The van der Waals surface area contributed by atoms with E-state index in [0.717, 1.165) is 31.1 Å². The molecule has 12 heavy (non-hydrogen) atoms. The summed E-state index contributed by atoms with van der Waals surface area (Å²) in [6, 6.07) is 0. The molecule has 0 aromatic heterocycles. The Morgan fingerprint density at radius 2 is 2.25 bits per heavy atom. The molecular formula is C10H18O2. The van der Waals surface area contributed by atoms with E-state index >= 15 is 0 Å². The molecule has 0 bridgehead atoms. The molecule has 0 aliphatic carbocycles. The molecule has 0 rings (SSSR count). The number of hydrogen-bond donors (Lipinski definition) is 1. The van der Waals surface area contributed by atoms with Gasteiger partial charge in [0, 0.05) is 6.42 Å². The first-order valence-electron chi connectivity index (χ1n) is 4.49. The first-order chi connectivity index (χ1) is 5.70. The van der Waals surface area contributed by atoms with E-state index in [-0.39, 0.29) is 6.10 Å². The van der Waals surface area contributed by atoms with Crippen LogP contribution in [-0.2, 0) is 4.79 Å². The Hall–Kier alpha value is -0.630. The molecule has 0 saturated heterocycles. The fourth-order valence-corrected chi connectivity index (χ4v) is 1.02. The predicted molar refractivity (Wildman–Crippen MR) is 50.0 cm³/mol. The maximum Gasteiger partial charge on any atom is 0.124 e. The average Bonchev–Trinajstić information content (AvgIpc) is 2.01. The minimum atomic E-state index is -0.370. The van der Waals surface area contributed by atoms with Crippen LogP contribution in [-0.4, -0.2) is 17.5 Å². The third-order valence-corrected chi connectivity index (χ3v) is 1.74. The Morgan fingerprint density at radius 1 is 1.58 bits per heavy atom. The second kappa shape index (κ2) is 7.04. The topological polar surface area (TPSA) is 37.3 Å². The van der Waals surface area contributed by atoms with Crippen molar-refractivity contribution in [3.05, 3.63) is 11.6 Å². The first kappa shape index (κ1) is 11.4. The molecule has 1 N–H and O–H groups in total. The van der Waals surface area contributed by atoms with Crippen LogP contribution < -0.4 is 0 Å². The van der Waals surface area contributed by atoms with Gasteiger partial charge in [-0.2, -0.15) is 0 Å². The van der Waals surface area contributed by atoms with Crippen molar-refractivity contribution in [3.8, 4) is 0 Å². The zero-order chi connectivity index (χ0) is 9.40. The lowest BCUT2D eigenvalue weighted by molar-refractivity contribution is -0.107. The van der Waals surface area contributed by atoms with Crippen molar-refractivity contribution in [3.63, 3.8) is 0 Å². The smallest absolute Gasteiger partial charge is 0.124 e. The molecule has 0 spiro atoms. The van der Waals surface area contributed by atoms with Crippen LogP contribution in [0.15, 0.2) is 11.6 Å². The molecule has 1 atom stereocenters. The highest BCUT2D eigenvalue weighted by atomic mass is 16.3. The zero-order valence-corrected chi connectivity index (χ0v) is 7.92. The quantitative estimate of drug-likeness (QED) is 0.489. The zero-order valence-electron chi connectivity index (χ0n) is 7.92. The fourth-order valence-electron chi connectivity index (χ4n) is 1.02. The monoisotopic (exact) mass is 170 g/mol. The first-order valence-corrected chi connectivity index (χ1v) is 4.49. The molecule has 0 aliphatic rings. The van der Waals surface area contributed by atoms with E-state index in [4.69, 9.17) is 0 Å². The Labute approximate surface area is 74.3 Å². The molecule has 0 amide bonds. The number of aliphatic hydroxyl groups excluding tert-OH is 1. The summed E-state index contributed by atoms with van der Waals surface area (Å²) in [4.78, 5) is 10.1. The van der Waals surface area contributed by atoms with Gasteiger partial charge in [0.1, 0.15) is 6.29 Å². The van der Waals surface area contributed by atoms with Gasteiger partial charge in [0.05, 0.1) is 6.10 Å². The van der Waals surface area contributed by atoms with Crippen molar-refractivity contribution in [1.82, 2.24) is 0 Å². The largest absolute Gasteiger partial charge is 0.389 e. The lowest BCUT2D eigenvalue weighted by atomic mass is 10.1. The number of hydrogen-bond acceptors (Lipinski definition) is 2. The van der Waals surface area contributed by atoms with Crippen LogP contribution in [0, 0.1) is 0 Å². The van der Waals surface area contributed by atoms with Crippen molar-refractivity contribution < 1.29 is 9.90 Å². The van der Waals surface area contributed by atoms with Gasteiger partial charge in [0.25, 0.3) is 0 Å². The van der Waals surface area contributed by atoms with Crippen molar-refractivity contribution in [2.75, 3.05) is 0 Å². The van der Waals surface area contributed by atoms with Crippen molar-refractivity contribution >= 4 is 6.29 Å². The molecule has 0 radical (unpaired) electrons. The van der Waals surface area contributed by atoms with Crippen molar-refractivity contribution in [1.29, 1.82) is 0 Å². The molecule has 2 heteroatoms. The standard InChI is InChI=1S/C10H18O2/c1-3-4-5-10(12)8-9(2)6-7-11/h7-8,10,12H,3-6H2,1-2H3/b9-8+. The van der Waals surface area contributed by atoms with Gasteiger partial charge in [0.2, 0.25) is 0 Å². The number of carbonyl (C=O) groups is 1. The molecule has 0 aromatic rings. The van der Waals surface area contributed by atoms with Gasteiger partial charge in [-0.05, 0) is 13.3 Å². The van der Waals surface area contributed by atoms with Gasteiger partial charge in [-0.15, -0.1) is 0 Å². The van der Waals surface area contributed by atoms with Gasteiger partial charge < -0.3 is 9.90 Å². The average molecular weight is 170 g/mol. The van der Waals surface area contributed by atoms with Crippen LogP contribution in [0.4, 0.5) is 0 Å². The predicted octanol–water partition coefficient (Wildman–Crippen LogP) is 2.07. The summed E-state index contributed by atoms with van der Waals surface area (Å²) in [5, 5.41) is 9.39. The molecule has 0 heterocycles. The van der Waals surface area contributed by atoms with Gasteiger partial charge in [-0.25, -0.2) is 0 Å². The molecule has 0 aromatic carbocycles. The van der Waals surface area contributed by atoms with E-state index in [0.29, 0.717) is 6.42 Å². The summed E-state index contributed by atoms with van der Waals surface area (Å²) in [7, 11) is 0. The third kappa shape index (κ3) is 6.10. The summed E-state index contributed by atoms with van der Waals surface area (Å²) < 4.78 is 0. The Balaban J connectivity index is 3.70. The Kier molecular flexibility index (Phi) is 6.67. The Bertz CT molecular complexity index is 150. The van der Waals surface area contributed by atoms with Crippen molar-refractivity contribution in [2.45, 2.75) is 45.6 Å². The van der Waals surface area contributed by atoms with Gasteiger partial charge >= 0.3 is 0 Å². The molecular weight excluding hydrogens is 152 g/mol. The van der Waals surface area contributed by atoms with Crippen LogP contribution in [0.3, 0.4) is 0 Å². The minimum absolute atomic E-state index is 0.370. The van der Waals surface area contributed by atoms with E-state index in [1.165, 1.54) is 0 Å². The highest BCUT2D eigenvalue weighted by molar-refractivity contribution is 5.53. The van der Waals surface area contributed by atoms with Crippen LogP contribution in [0.1, 0.15) is 39.5 Å². The van der Waals surface area contributed by atoms with Crippen LogP contribution in [0.25, 0.3) is 0 Å². The summed E-state index contributed by atoms with van der Waals surface area (Å²) in [5.41, 5.74) is 0.952. The number of rotatable bonds is 6. The van der Waals surface area contributed by atoms with Gasteiger partial charge in [0.15, 0.2) is 0 Å².